The molecule has 1 fully saturated rings. The molecule has 1 saturated carbocycles. The third-order valence-corrected chi connectivity index (χ3v) is 5.45. The van der Waals surface area contributed by atoms with Gasteiger partial charge in [0.2, 0.25) is 0 Å². The van der Waals surface area contributed by atoms with Crippen LogP contribution in [0.5, 0.6) is 5.75 Å². The molecule has 162 valence electrons. The summed E-state index contributed by atoms with van der Waals surface area (Å²) in [7, 11) is 0. The number of H-pyrrole nitrogens is 1. The number of amides is 1. The zero-order chi connectivity index (χ0) is 21.3. The number of fused-ring (bicyclic) bond motifs is 7. The van der Waals surface area contributed by atoms with Crippen LogP contribution in [0.1, 0.15) is 44.2 Å². The van der Waals surface area contributed by atoms with Crippen molar-refractivity contribution >= 4 is 17.6 Å². The number of anilines is 2. The van der Waals surface area contributed by atoms with Crippen LogP contribution in [0.3, 0.4) is 0 Å². The highest BCUT2D eigenvalue weighted by atomic mass is 19.3. The molecule has 2 aromatic rings. The van der Waals surface area contributed by atoms with Gasteiger partial charge in [0.25, 0.3) is 5.92 Å². The molecule has 0 radical (unpaired) electrons. The lowest BCUT2D eigenvalue weighted by molar-refractivity contribution is -0.0482. The molecule has 0 aromatic carbocycles. The van der Waals surface area contributed by atoms with Gasteiger partial charge in [0.1, 0.15) is 11.9 Å². The van der Waals surface area contributed by atoms with E-state index in [0.717, 1.165) is 0 Å². The number of nitrogens with zero attached hydrogens (tertiary/aromatic N) is 2. The number of alkyl halides is 2. The Labute approximate surface area is 170 Å². The van der Waals surface area contributed by atoms with E-state index < -0.39 is 36.4 Å². The van der Waals surface area contributed by atoms with Crippen molar-refractivity contribution in [2.24, 2.45) is 0 Å². The minimum absolute atomic E-state index is 0.00691. The normalized spacial score (nSPS) is 26.4. The van der Waals surface area contributed by atoms with E-state index in [1.54, 1.807) is 0 Å². The Morgan fingerprint density at radius 2 is 2.10 bits per heavy atom. The predicted octanol–water partition coefficient (Wildman–Crippen LogP) is 3.86. The van der Waals surface area contributed by atoms with Crippen molar-refractivity contribution in [3.8, 4) is 5.75 Å². The summed E-state index contributed by atoms with van der Waals surface area (Å²) in [4.78, 5) is 16.0. The predicted molar refractivity (Wildman–Crippen MR) is 101 cm³/mol. The summed E-state index contributed by atoms with van der Waals surface area (Å²) in [6.45, 7) is 0.912. The number of carbonyl (C=O) groups is 1. The van der Waals surface area contributed by atoms with Gasteiger partial charge in [-0.15, -0.1) is 0 Å². The summed E-state index contributed by atoms with van der Waals surface area (Å²) >= 11 is 0. The first-order valence-corrected chi connectivity index (χ1v) is 9.75. The molecule has 0 spiro atoms. The van der Waals surface area contributed by atoms with Crippen molar-refractivity contribution in [3.63, 3.8) is 0 Å². The van der Waals surface area contributed by atoms with Crippen LogP contribution in [0.25, 0.3) is 0 Å². The second-order valence-electron chi connectivity index (χ2n) is 7.60. The van der Waals surface area contributed by atoms with E-state index in [0.29, 0.717) is 30.6 Å². The maximum atomic E-state index is 14.9. The molecule has 8 nitrogen and oxygen atoms in total. The van der Waals surface area contributed by atoms with E-state index in [-0.39, 0.29) is 24.1 Å². The highest BCUT2D eigenvalue weighted by molar-refractivity contribution is 5.68. The molecule has 1 aliphatic carbocycles. The number of hydrogen-bond acceptors (Lipinski definition) is 6. The molecule has 11 heteroatoms. The molecule has 2 aromatic heterocycles. The maximum Gasteiger partial charge on any atom is 0.407 e. The van der Waals surface area contributed by atoms with Gasteiger partial charge in [-0.05, 0) is 26.2 Å². The van der Waals surface area contributed by atoms with Gasteiger partial charge in [0, 0.05) is 18.4 Å². The number of aromatic nitrogens is 3. The summed E-state index contributed by atoms with van der Waals surface area (Å²) in [5.74, 6) is -3.71. The van der Waals surface area contributed by atoms with Crippen LogP contribution in [-0.4, -0.2) is 45.9 Å². The fourth-order valence-electron chi connectivity index (χ4n) is 3.70. The number of alkyl carbamates (subject to hydrolysis) is 1. The highest BCUT2D eigenvalue weighted by Gasteiger charge is 2.39. The Morgan fingerprint density at radius 1 is 1.27 bits per heavy atom. The molecular formula is C19H22F3N5O3. The number of nitrogens with one attached hydrogen (secondary N) is 3. The Kier molecular flexibility index (Phi) is 5.44. The van der Waals surface area contributed by atoms with Crippen molar-refractivity contribution in [3.05, 3.63) is 30.0 Å². The zero-order valence-electron chi connectivity index (χ0n) is 16.3. The second kappa shape index (κ2) is 8.04. The van der Waals surface area contributed by atoms with Gasteiger partial charge in [-0.25, -0.2) is 18.0 Å². The first-order chi connectivity index (χ1) is 14.3. The molecule has 1 amide bonds. The molecular weight excluding hydrogens is 403 g/mol. The Hall–Kier alpha value is -2.98. The quantitative estimate of drug-likeness (QED) is 0.593. The third kappa shape index (κ3) is 4.29. The van der Waals surface area contributed by atoms with Crippen LogP contribution in [0, 0.1) is 5.82 Å². The largest absolute Gasteiger partial charge is 0.492 e. The van der Waals surface area contributed by atoms with Crippen molar-refractivity contribution in [1.82, 2.24) is 20.5 Å². The van der Waals surface area contributed by atoms with Crippen molar-refractivity contribution in [1.29, 1.82) is 0 Å². The van der Waals surface area contributed by atoms with Gasteiger partial charge in [0.15, 0.2) is 11.6 Å². The van der Waals surface area contributed by atoms with Crippen LogP contribution in [0.2, 0.25) is 0 Å². The summed E-state index contributed by atoms with van der Waals surface area (Å²) in [6, 6.07) is 0.0793. The summed E-state index contributed by atoms with van der Waals surface area (Å²) in [5, 5.41) is 11.7. The summed E-state index contributed by atoms with van der Waals surface area (Å²) in [5.41, 5.74) is 0.718. The Bertz CT molecular complexity index is 923. The number of carbonyl (C=O) groups excluding carboxylic acids is 1. The number of halogens is 3. The number of pyridine rings is 1. The molecule has 4 rings (SSSR count). The lowest BCUT2D eigenvalue weighted by Crippen LogP contribution is -2.47. The fourth-order valence-corrected chi connectivity index (χ4v) is 3.70. The average molecular weight is 425 g/mol. The molecule has 1 aliphatic heterocycles. The van der Waals surface area contributed by atoms with Crippen LogP contribution in [-0.2, 0) is 4.74 Å². The van der Waals surface area contributed by atoms with E-state index in [4.69, 9.17) is 9.47 Å². The molecule has 6 bridgehead atoms. The lowest BCUT2D eigenvalue weighted by Gasteiger charge is -2.25. The summed E-state index contributed by atoms with van der Waals surface area (Å²) in [6.07, 6.45) is 2.25. The van der Waals surface area contributed by atoms with E-state index >= 15 is 0 Å². The topological polar surface area (TPSA) is 101 Å². The molecule has 3 atom stereocenters. The second-order valence-corrected chi connectivity index (χ2v) is 7.60. The van der Waals surface area contributed by atoms with Gasteiger partial charge < -0.3 is 20.1 Å². The number of ether oxygens (including phenoxy) is 2. The third-order valence-electron chi connectivity index (χ3n) is 5.45. The van der Waals surface area contributed by atoms with E-state index in [9.17, 15) is 18.0 Å². The molecule has 0 saturated heterocycles. The van der Waals surface area contributed by atoms with Gasteiger partial charge in [-0.2, -0.15) is 5.10 Å². The minimum Gasteiger partial charge on any atom is -0.492 e. The standard InChI is InChI=1S/C19H22F3N5O3/c1-10-19(21,22)4-5-29-14-7-12(8-23-9-14)25-17-15(20)16(26-27-17)11-2-3-13(6-11)30-18(28)24-10/h7-11,13H,2-6H2,1H3,(H,24,28)(H2,25,26,27)/t10-,11-,13+/m0/s1. The van der Waals surface area contributed by atoms with E-state index in [2.05, 4.69) is 25.8 Å². The fraction of sp³-hybridized carbons (Fsp3) is 0.526. The van der Waals surface area contributed by atoms with Crippen LogP contribution in [0.4, 0.5) is 29.5 Å². The van der Waals surface area contributed by atoms with E-state index in [1.807, 2.05) is 0 Å². The van der Waals surface area contributed by atoms with Crippen molar-refractivity contribution < 1.29 is 27.4 Å². The molecule has 3 heterocycles. The highest BCUT2D eigenvalue weighted by Crippen LogP contribution is 2.38. The first-order valence-electron chi connectivity index (χ1n) is 9.75. The first kappa shape index (κ1) is 20.3. The Balaban J connectivity index is 1.60. The molecule has 3 N–H and O–H groups in total. The summed E-state index contributed by atoms with van der Waals surface area (Å²) < 4.78 is 54.2. The van der Waals surface area contributed by atoms with Gasteiger partial charge in [0.05, 0.1) is 36.4 Å². The number of aromatic amines is 1. The maximum absolute atomic E-state index is 14.9. The van der Waals surface area contributed by atoms with Crippen LogP contribution < -0.4 is 15.4 Å². The van der Waals surface area contributed by atoms with E-state index in [1.165, 1.54) is 25.4 Å². The average Bonchev–Trinajstić information content (AvgIpc) is 3.28. The number of hydrogen-bond donors (Lipinski definition) is 3. The van der Waals surface area contributed by atoms with Crippen molar-refractivity contribution in [2.45, 2.75) is 56.6 Å². The van der Waals surface area contributed by atoms with Crippen LogP contribution in [0.15, 0.2) is 18.5 Å². The molecule has 30 heavy (non-hydrogen) atoms. The smallest absolute Gasteiger partial charge is 0.407 e. The minimum atomic E-state index is -3.20. The Morgan fingerprint density at radius 3 is 2.93 bits per heavy atom. The monoisotopic (exact) mass is 425 g/mol. The van der Waals surface area contributed by atoms with Crippen molar-refractivity contribution in [2.75, 3.05) is 11.9 Å². The van der Waals surface area contributed by atoms with Gasteiger partial charge in [-0.3, -0.25) is 10.1 Å². The SMILES string of the molecule is C[C@@H]1NC(=O)O[C@@H]2CC[C@@H](C2)c2[nH]nc(c2F)Nc2cncc(c2)OCCC1(F)F. The van der Waals surface area contributed by atoms with Gasteiger partial charge >= 0.3 is 6.09 Å². The zero-order valence-corrected chi connectivity index (χ0v) is 16.3. The molecule has 0 unspecified atom stereocenters. The lowest BCUT2D eigenvalue weighted by atomic mass is 10.0. The van der Waals surface area contributed by atoms with Gasteiger partial charge in [-0.1, -0.05) is 0 Å². The number of rotatable bonds is 0. The van der Waals surface area contributed by atoms with Crippen LogP contribution >= 0.6 is 0 Å². The molecule has 2 aliphatic rings.